The molecule has 114 valence electrons. The molecule has 0 radical (unpaired) electrons. The van der Waals surface area contributed by atoms with Crippen LogP contribution in [0.2, 0.25) is 5.15 Å². The summed E-state index contributed by atoms with van der Waals surface area (Å²) in [6.45, 7) is 10.3. The highest BCUT2D eigenvalue weighted by atomic mass is 35.5. The lowest BCUT2D eigenvalue weighted by Gasteiger charge is -2.35. The van der Waals surface area contributed by atoms with E-state index in [0.717, 1.165) is 38.2 Å². The lowest BCUT2D eigenvalue weighted by molar-refractivity contribution is 0.172. The number of piperazine rings is 1. The third-order valence-corrected chi connectivity index (χ3v) is 3.60. The highest BCUT2D eigenvalue weighted by Crippen LogP contribution is 2.31. The number of nitrogens with zero attached hydrogens (tertiary/aromatic N) is 2. The van der Waals surface area contributed by atoms with Crippen molar-refractivity contribution in [1.82, 2.24) is 15.2 Å². The Morgan fingerprint density at radius 2 is 2.10 bits per heavy atom. The van der Waals surface area contributed by atoms with E-state index in [9.17, 15) is 0 Å². The summed E-state index contributed by atoms with van der Waals surface area (Å²) in [5, 5.41) is 3.99. The molecule has 0 saturated carbocycles. The molecule has 1 aromatic rings. The Hall–Kier alpha value is -0.320. The highest BCUT2D eigenvalue weighted by Gasteiger charge is 2.24. The zero-order valence-electron chi connectivity index (χ0n) is 11.6. The molecule has 3 nitrogen and oxygen atoms in total. The fourth-order valence-electron chi connectivity index (χ4n) is 2.41. The van der Waals surface area contributed by atoms with Gasteiger partial charge in [-0.25, -0.2) is 4.98 Å². The van der Waals surface area contributed by atoms with Crippen molar-refractivity contribution in [3.05, 3.63) is 41.2 Å². The van der Waals surface area contributed by atoms with Gasteiger partial charge in [0, 0.05) is 44.0 Å². The quantitative estimate of drug-likeness (QED) is 0.673. The number of pyridine rings is 1. The first-order valence-electron chi connectivity index (χ1n) is 6.38. The molecule has 1 aliphatic heterocycles. The molecule has 1 saturated heterocycles. The summed E-state index contributed by atoms with van der Waals surface area (Å²) in [5.41, 5.74) is 2.29. The molecule has 1 atom stereocenters. The zero-order valence-corrected chi connectivity index (χ0v) is 14.0. The van der Waals surface area contributed by atoms with Crippen LogP contribution in [0, 0.1) is 0 Å². The van der Waals surface area contributed by atoms with Crippen molar-refractivity contribution in [3.63, 3.8) is 0 Å². The third-order valence-electron chi connectivity index (χ3n) is 3.28. The second-order valence-corrected chi connectivity index (χ2v) is 5.20. The first kappa shape index (κ1) is 19.7. The average molecular weight is 339 g/mol. The lowest BCUT2D eigenvalue weighted by Crippen LogP contribution is -2.45. The predicted octanol–water partition coefficient (Wildman–Crippen LogP) is 3.49. The Bertz CT molecular complexity index is 420. The maximum atomic E-state index is 6.24. The molecule has 0 spiro atoms. The summed E-state index contributed by atoms with van der Waals surface area (Å²) in [7, 11) is 0. The SMILES string of the molecule is C=C(C)C[C@@H](c1cccnc1Cl)N1CCNCC1.Cl.Cl. The van der Waals surface area contributed by atoms with Gasteiger partial charge in [0.25, 0.3) is 0 Å². The molecule has 0 aliphatic carbocycles. The second kappa shape index (κ2) is 9.59. The fourth-order valence-corrected chi connectivity index (χ4v) is 2.65. The molecule has 0 amide bonds. The van der Waals surface area contributed by atoms with Gasteiger partial charge in [0.15, 0.2) is 0 Å². The zero-order chi connectivity index (χ0) is 13.0. The van der Waals surface area contributed by atoms with E-state index in [2.05, 4.69) is 34.8 Å². The molecule has 20 heavy (non-hydrogen) atoms. The van der Waals surface area contributed by atoms with Gasteiger partial charge in [-0.05, 0) is 19.4 Å². The average Bonchev–Trinajstić information content (AvgIpc) is 2.38. The van der Waals surface area contributed by atoms with Gasteiger partial charge in [0.2, 0.25) is 0 Å². The van der Waals surface area contributed by atoms with Crippen LogP contribution in [0.5, 0.6) is 0 Å². The summed E-state index contributed by atoms with van der Waals surface area (Å²) in [6, 6.07) is 4.32. The van der Waals surface area contributed by atoms with Crippen LogP contribution in [0.1, 0.15) is 24.9 Å². The minimum Gasteiger partial charge on any atom is -0.314 e. The van der Waals surface area contributed by atoms with Gasteiger partial charge in [0.05, 0.1) is 0 Å². The van der Waals surface area contributed by atoms with Crippen molar-refractivity contribution in [3.8, 4) is 0 Å². The lowest BCUT2D eigenvalue weighted by atomic mass is 9.99. The van der Waals surface area contributed by atoms with E-state index < -0.39 is 0 Å². The molecular weight excluding hydrogens is 317 g/mol. The minimum atomic E-state index is 0. The summed E-state index contributed by atoms with van der Waals surface area (Å²) in [5.74, 6) is 0. The van der Waals surface area contributed by atoms with E-state index in [-0.39, 0.29) is 24.8 Å². The van der Waals surface area contributed by atoms with Crippen LogP contribution >= 0.6 is 36.4 Å². The maximum Gasteiger partial charge on any atom is 0.133 e. The number of halogens is 3. The van der Waals surface area contributed by atoms with Gasteiger partial charge in [-0.15, -0.1) is 31.4 Å². The minimum absolute atomic E-state index is 0. The van der Waals surface area contributed by atoms with E-state index in [0.29, 0.717) is 11.2 Å². The molecule has 0 bridgehead atoms. The van der Waals surface area contributed by atoms with Crippen LogP contribution in [0.15, 0.2) is 30.5 Å². The number of aromatic nitrogens is 1. The van der Waals surface area contributed by atoms with Crippen LogP contribution in [0.25, 0.3) is 0 Å². The van der Waals surface area contributed by atoms with E-state index in [4.69, 9.17) is 11.6 Å². The fraction of sp³-hybridized carbons (Fsp3) is 0.500. The van der Waals surface area contributed by atoms with Crippen LogP contribution in [-0.4, -0.2) is 36.1 Å². The van der Waals surface area contributed by atoms with E-state index in [1.165, 1.54) is 5.57 Å². The molecule has 2 rings (SSSR count). The topological polar surface area (TPSA) is 28.2 Å². The van der Waals surface area contributed by atoms with E-state index >= 15 is 0 Å². The first-order valence-corrected chi connectivity index (χ1v) is 6.76. The summed E-state index contributed by atoms with van der Waals surface area (Å²) < 4.78 is 0. The van der Waals surface area contributed by atoms with Gasteiger partial charge >= 0.3 is 0 Å². The molecule has 6 heteroatoms. The molecule has 1 aliphatic rings. The molecule has 1 N–H and O–H groups in total. The van der Waals surface area contributed by atoms with Crippen molar-refractivity contribution < 1.29 is 0 Å². The van der Waals surface area contributed by atoms with E-state index in [1.807, 2.05) is 6.07 Å². The Labute approximate surface area is 138 Å². The first-order chi connectivity index (χ1) is 8.68. The van der Waals surface area contributed by atoms with Crippen LogP contribution < -0.4 is 5.32 Å². The van der Waals surface area contributed by atoms with Crippen molar-refractivity contribution in [2.75, 3.05) is 26.2 Å². The molecule has 1 fully saturated rings. The van der Waals surface area contributed by atoms with Crippen molar-refractivity contribution >= 4 is 36.4 Å². The number of hydrogen-bond donors (Lipinski definition) is 1. The van der Waals surface area contributed by atoms with Crippen LogP contribution in [-0.2, 0) is 0 Å². The Morgan fingerprint density at radius 3 is 2.65 bits per heavy atom. The molecular formula is C14H22Cl3N3. The monoisotopic (exact) mass is 337 g/mol. The molecule has 1 aromatic heterocycles. The number of hydrogen-bond acceptors (Lipinski definition) is 3. The van der Waals surface area contributed by atoms with Gasteiger partial charge in [-0.3, -0.25) is 4.90 Å². The van der Waals surface area contributed by atoms with Gasteiger partial charge in [0.1, 0.15) is 5.15 Å². The van der Waals surface area contributed by atoms with Crippen molar-refractivity contribution in [1.29, 1.82) is 0 Å². The smallest absolute Gasteiger partial charge is 0.133 e. The van der Waals surface area contributed by atoms with Crippen molar-refractivity contribution in [2.45, 2.75) is 19.4 Å². The largest absolute Gasteiger partial charge is 0.314 e. The molecule has 0 unspecified atom stereocenters. The van der Waals surface area contributed by atoms with Gasteiger partial charge in [-0.1, -0.05) is 23.2 Å². The summed E-state index contributed by atoms with van der Waals surface area (Å²) in [4.78, 5) is 6.66. The Balaban J connectivity index is 0.00000180. The van der Waals surface area contributed by atoms with Crippen LogP contribution in [0.3, 0.4) is 0 Å². The Kier molecular flexibility index (Phi) is 9.43. The van der Waals surface area contributed by atoms with Gasteiger partial charge < -0.3 is 5.32 Å². The third kappa shape index (κ3) is 5.23. The van der Waals surface area contributed by atoms with E-state index in [1.54, 1.807) is 6.20 Å². The summed E-state index contributed by atoms with van der Waals surface area (Å²) >= 11 is 6.24. The van der Waals surface area contributed by atoms with Crippen LogP contribution in [0.4, 0.5) is 0 Å². The van der Waals surface area contributed by atoms with Gasteiger partial charge in [-0.2, -0.15) is 0 Å². The highest BCUT2D eigenvalue weighted by molar-refractivity contribution is 6.30. The predicted molar refractivity (Wildman–Crippen MR) is 90.4 cm³/mol. The molecule has 0 aromatic carbocycles. The second-order valence-electron chi connectivity index (χ2n) is 4.85. The molecule has 2 heterocycles. The maximum absolute atomic E-state index is 6.24. The Morgan fingerprint density at radius 1 is 1.45 bits per heavy atom. The summed E-state index contributed by atoms with van der Waals surface area (Å²) in [6.07, 6.45) is 2.67. The normalized spacial score (nSPS) is 16.7. The standard InChI is InChI=1S/C14H20ClN3.2ClH/c1-11(2)10-13(18-8-6-16-7-9-18)12-4-3-5-17-14(12)15;;/h3-5,13,16H,1,6-10H2,2H3;2*1H/t13-;;/m0../s1. The van der Waals surface area contributed by atoms with Crippen molar-refractivity contribution in [2.24, 2.45) is 0 Å². The number of nitrogens with one attached hydrogen (secondary N) is 1. The number of rotatable bonds is 4.